The van der Waals surface area contributed by atoms with Crippen LogP contribution < -0.4 is 5.32 Å². The highest BCUT2D eigenvalue weighted by atomic mass is 16.5. The summed E-state index contributed by atoms with van der Waals surface area (Å²) in [6, 6.07) is 0.501. The smallest absolute Gasteiger partial charge is 0.0695 e. The fraction of sp³-hybridized carbons (Fsp3) is 1.00. The van der Waals surface area contributed by atoms with Crippen molar-refractivity contribution < 1.29 is 4.74 Å². The van der Waals surface area contributed by atoms with Gasteiger partial charge < -0.3 is 10.1 Å². The lowest BCUT2D eigenvalue weighted by Gasteiger charge is -2.43. The fourth-order valence-electron chi connectivity index (χ4n) is 2.02. The Morgan fingerprint density at radius 3 is 2.50 bits per heavy atom. The maximum Gasteiger partial charge on any atom is 0.0695 e. The summed E-state index contributed by atoms with van der Waals surface area (Å²) in [5.74, 6) is 0. The molecule has 0 aliphatic carbocycles. The third-order valence-electron chi connectivity index (χ3n) is 3.23. The van der Waals surface area contributed by atoms with Gasteiger partial charge in [0.1, 0.15) is 0 Å². The van der Waals surface area contributed by atoms with Gasteiger partial charge in [-0.1, -0.05) is 0 Å². The van der Waals surface area contributed by atoms with Gasteiger partial charge in [0.05, 0.1) is 6.10 Å². The summed E-state index contributed by atoms with van der Waals surface area (Å²) in [5, 5.41) is 3.52. The van der Waals surface area contributed by atoms with Crippen LogP contribution in [-0.4, -0.2) is 49.3 Å². The van der Waals surface area contributed by atoms with E-state index in [0.717, 1.165) is 19.6 Å². The Bertz CT molecular complexity index is 182. The summed E-state index contributed by atoms with van der Waals surface area (Å²) in [6.45, 7) is 12.2. The van der Waals surface area contributed by atoms with Crippen LogP contribution >= 0.6 is 0 Å². The molecule has 3 nitrogen and oxygen atoms in total. The van der Waals surface area contributed by atoms with Crippen molar-refractivity contribution in [3.8, 4) is 0 Å². The Kier molecular flexibility index (Phi) is 3.93. The molecule has 3 heteroatoms. The molecule has 84 valence electrons. The molecule has 0 radical (unpaired) electrons. The van der Waals surface area contributed by atoms with Gasteiger partial charge in [-0.05, 0) is 27.7 Å². The minimum Gasteiger partial charge on any atom is -0.380 e. The Labute approximate surface area is 87.8 Å². The number of hydrogen-bond acceptors (Lipinski definition) is 3. The number of hydrogen-bond donors (Lipinski definition) is 1. The van der Waals surface area contributed by atoms with Crippen LogP contribution in [0.25, 0.3) is 0 Å². The van der Waals surface area contributed by atoms with E-state index >= 15 is 0 Å². The second kappa shape index (κ2) is 4.60. The minimum absolute atomic E-state index is 0.236. The third-order valence-corrected chi connectivity index (χ3v) is 3.23. The van der Waals surface area contributed by atoms with Crippen molar-refractivity contribution in [2.45, 2.75) is 45.4 Å². The van der Waals surface area contributed by atoms with E-state index in [2.05, 4.69) is 37.9 Å². The standard InChI is InChI=1S/C11H24N2O/c1-9(10(2)14-5)13-7-6-12-11(3,4)8-13/h9-10,12H,6-8H2,1-5H3. The Morgan fingerprint density at radius 1 is 1.36 bits per heavy atom. The zero-order valence-corrected chi connectivity index (χ0v) is 10.1. The first-order valence-corrected chi connectivity index (χ1v) is 5.48. The van der Waals surface area contributed by atoms with Crippen molar-refractivity contribution in [3.63, 3.8) is 0 Å². The van der Waals surface area contributed by atoms with Gasteiger partial charge in [0.15, 0.2) is 0 Å². The second-order valence-electron chi connectivity index (χ2n) is 4.96. The molecule has 2 unspecified atom stereocenters. The predicted molar refractivity (Wildman–Crippen MR) is 59.6 cm³/mol. The quantitative estimate of drug-likeness (QED) is 0.738. The summed E-state index contributed by atoms with van der Waals surface area (Å²) >= 11 is 0. The van der Waals surface area contributed by atoms with Crippen LogP contribution in [0.1, 0.15) is 27.7 Å². The molecule has 0 aromatic heterocycles. The highest BCUT2D eigenvalue weighted by Crippen LogP contribution is 2.15. The zero-order chi connectivity index (χ0) is 10.8. The van der Waals surface area contributed by atoms with Gasteiger partial charge in [0.25, 0.3) is 0 Å². The maximum absolute atomic E-state index is 5.37. The third kappa shape index (κ3) is 2.94. The monoisotopic (exact) mass is 200 g/mol. The van der Waals surface area contributed by atoms with Gasteiger partial charge in [-0.25, -0.2) is 0 Å². The molecule has 0 saturated carbocycles. The van der Waals surface area contributed by atoms with Crippen LogP contribution in [0.15, 0.2) is 0 Å². The Morgan fingerprint density at radius 2 is 2.00 bits per heavy atom. The average molecular weight is 200 g/mol. The number of nitrogens with one attached hydrogen (secondary N) is 1. The van der Waals surface area contributed by atoms with E-state index in [1.54, 1.807) is 7.11 Å². The predicted octanol–water partition coefficient (Wildman–Crippen LogP) is 1.09. The number of nitrogens with zero attached hydrogens (tertiary/aromatic N) is 1. The topological polar surface area (TPSA) is 24.5 Å². The molecular formula is C11H24N2O. The van der Waals surface area contributed by atoms with Crippen molar-refractivity contribution in [1.82, 2.24) is 10.2 Å². The molecule has 14 heavy (non-hydrogen) atoms. The lowest BCUT2D eigenvalue weighted by molar-refractivity contribution is 0.0120. The van der Waals surface area contributed by atoms with Crippen molar-refractivity contribution in [1.29, 1.82) is 0 Å². The average Bonchev–Trinajstić information content (AvgIpc) is 2.14. The Balaban J connectivity index is 2.51. The zero-order valence-electron chi connectivity index (χ0n) is 10.1. The molecule has 0 bridgehead atoms. The van der Waals surface area contributed by atoms with Crippen LogP contribution in [0.2, 0.25) is 0 Å². The van der Waals surface area contributed by atoms with Crippen molar-refractivity contribution >= 4 is 0 Å². The lowest BCUT2D eigenvalue weighted by Crippen LogP contribution is -2.60. The summed E-state index contributed by atoms with van der Waals surface area (Å²) in [7, 11) is 1.79. The van der Waals surface area contributed by atoms with Crippen molar-refractivity contribution in [3.05, 3.63) is 0 Å². The second-order valence-corrected chi connectivity index (χ2v) is 4.96. The first kappa shape index (κ1) is 12.0. The van der Waals surface area contributed by atoms with E-state index in [1.165, 1.54) is 0 Å². The summed E-state index contributed by atoms with van der Waals surface area (Å²) in [6.07, 6.45) is 0.309. The largest absolute Gasteiger partial charge is 0.380 e. The molecule has 0 amide bonds. The molecule has 1 rings (SSSR count). The fourth-order valence-corrected chi connectivity index (χ4v) is 2.02. The highest BCUT2D eigenvalue weighted by molar-refractivity contribution is 4.89. The molecule has 1 heterocycles. The molecule has 0 aromatic rings. The van der Waals surface area contributed by atoms with Gasteiger partial charge in [0.2, 0.25) is 0 Å². The summed E-state index contributed by atoms with van der Waals surface area (Å²) in [4.78, 5) is 2.50. The first-order valence-electron chi connectivity index (χ1n) is 5.48. The number of piperazine rings is 1. The molecule has 1 fully saturated rings. The SMILES string of the molecule is COC(C)C(C)N1CCNC(C)(C)C1. The van der Waals surface area contributed by atoms with E-state index < -0.39 is 0 Å². The van der Waals surface area contributed by atoms with E-state index in [4.69, 9.17) is 4.74 Å². The van der Waals surface area contributed by atoms with Gasteiger partial charge in [-0.2, -0.15) is 0 Å². The van der Waals surface area contributed by atoms with Crippen molar-refractivity contribution in [2.75, 3.05) is 26.7 Å². The molecular weight excluding hydrogens is 176 g/mol. The van der Waals surface area contributed by atoms with E-state index in [1.807, 2.05) is 0 Å². The molecule has 1 aliphatic rings. The van der Waals surface area contributed by atoms with Crippen LogP contribution in [0.3, 0.4) is 0 Å². The summed E-state index contributed by atoms with van der Waals surface area (Å²) in [5.41, 5.74) is 0.236. The van der Waals surface area contributed by atoms with Crippen LogP contribution in [0, 0.1) is 0 Å². The van der Waals surface area contributed by atoms with Gasteiger partial charge >= 0.3 is 0 Å². The summed E-state index contributed by atoms with van der Waals surface area (Å²) < 4.78 is 5.37. The van der Waals surface area contributed by atoms with Crippen molar-refractivity contribution in [2.24, 2.45) is 0 Å². The molecule has 1 aliphatic heterocycles. The number of methoxy groups -OCH3 is 1. The molecule has 1 saturated heterocycles. The molecule has 2 atom stereocenters. The molecule has 0 aromatic carbocycles. The number of ether oxygens (including phenoxy) is 1. The maximum atomic E-state index is 5.37. The van der Waals surface area contributed by atoms with Gasteiger partial charge in [-0.15, -0.1) is 0 Å². The van der Waals surface area contributed by atoms with E-state index in [9.17, 15) is 0 Å². The van der Waals surface area contributed by atoms with E-state index in [-0.39, 0.29) is 5.54 Å². The van der Waals surface area contributed by atoms with E-state index in [0.29, 0.717) is 12.1 Å². The van der Waals surface area contributed by atoms with Gasteiger partial charge in [0, 0.05) is 38.3 Å². The number of rotatable bonds is 3. The highest BCUT2D eigenvalue weighted by Gasteiger charge is 2.30. The minimum atomic E-state index is 0.236. The van der Waals surface area contributed by atoms with Crippen LogP contribution in [0.4, 0.5) is 0 Å². The lowest BCUT2D eigenvalue weighted by atomic mass is 10.00. The first-order chi connectivity index (χ1) is 6.46. The Hall–Kier alpha value is -0.120. The molecule has 1 N–H and O–H groups in total. The van der Waals surface area contributed by atoms with Gasteiger partial charge in [-0.3, -0.25) is 4.90 Å². The normalized spacial score (nSPS) is 27.2. The van der Waals surface area contributed by atoms with Crippen LogP contribution in [-0.2, 0) is 4.74 Å². The van der Waals surface area contributed by atoms with Crippen LogP contribution in [0.5, 0.6) is 0 Å². The molecule has 0 spiro atoms.